The minimum absolute atomic E-state index is 0.246. The van der Waals surface area contributed by atoms with Gasteiger partial charge < -0.3 is 9.84 Å². The van der Waals surface area contributed by atoms with Gasteiger partial charge in [-0.3, -0.25) is 0 Å². The summed E-state index contributed by atoms with van der Waals surface area (Å²) in [6, 6.07) is 3.97. The largest absolute Gasteiger partial charge is 0.339 e. The van der Waals surface area contributed by atoms with Gasteiger partial charge in [0.25, 0.3) is 0 Å². The highest BCUT2D eigenvalue weighted by Crippen LogP contribution is 2.23. The second kappa shape index (κ2) is 4.55. The van der Waals surface area contributed by atoms with Gasteiger partial charge in [0.05, 0.1) is 4.88 Å². The van der Waals surface area contributed by atoms with Gasteiger partial charge in [-0.15, -0.1) is 11.3 Å². The summed E-state index contributed by atoms with van der Waals surface area (Å²) in [6.45, 7) is 2.90. The van der Waals surface area contributed by atoms with Crippen LogP contribution in [0.4, 0.5) is 0 Å². The minimum atomic E-state index is 0.246. The molecule has 5 heteroatoms. The molecular weight excluding hydrogens is 210 g/mol. The van der Waals surface area contributed by atoms with Gasteiger partial charge in [0.15, 0.2) is 0 Å². The Labute approximate surface area is 92.3 Å². The van der Waals surface area contributed by atoms with E-state index in [1.807, 2.05) is 24.6 Å². The molecule has 2 aromatic rings. The summed E-state index contributed by atoms with van der Waals surface area (Å²) in [6.07, 6.45) is 0. The summed E-state index contributed by atoms with van der Waals surface area (Å²) in [7, 11) is 1.91. The standard InChI is InChI=1S/C10H13N3OS/c1-7(6-11-2)10-12-9(13-14-10)8-4-3-5-15-8/h3-5,7,11H,6H2,1-2H3. The molecule has 80 valence electrons. The molecule has 0 bridgehead atoms. The van der Waals surface area contributed by atoms with Crippen LogP contribution in [-0.2, 0) is 0 Å². The molecule has 2 heterocycles. The van der Waals surface area contributed by atoms with Gasteiger partial charge in [-0.2, -0.15) is 4.98 Å². The lowest BCUT2D eigenvalue weighted by Gasteiger charge is -2.02. The van der Waals surface area contributed by atoms with Crippen LogP contribution in [0.15, 0.2) is 22.0 Å². The quantitative estimate of drug-likeness (QED) is 0.862. The van der Waals surface area contributed by atoms with Crippen molar-refractivity contribution in [3.05, 3.63) is 23.4 Å². The molecule has 0 saturated heterocycles. The van der Waals surface area contributed by atoms with Crippen molar-refractivity contribution in [1.82, 2.24) is 15.5 Å². The van der Waals surface area contributed by atoms with E-state index in [4.69, 9.17) is 4.52 Å². The van der Waals surface area contributed by atoms with Crippen LogP contribution in [0, 0.1) is 0 Å². The van der Waals surface area contributed by atoms with E-state index in [0.717, 1.165) is 11.4 Å². The molecule has 0 saturated carbocycles. The van der Waals surface area contributed by atoms with Crippen molar-refractivity contribution >= 4 is 11.3 Å². The lowest BCUT2D eigenvalue weighted by molar-refractivity contribution is 0.357. The molecular formula is C10H13N3OS. The van der Waals surface area contributed by atoms with Gasteiger partial charge in [-0.1, -0.05) is 18.1 Å². The van der Waals surface area contributed by atoms with E-state index in [2.05, 4.69) is 22.4 Å². The lowest BCUT2D eigenvalue weighted by atomic mass is 10.2. The summed E-state index contributed by atoms with van der Waals surface area (Å²) in [5, 5.41) is 9.05. The highest BCUT2D eigenvalue weighted by Gasteiger charge is 2.14. The van der Waals surface area contributed by atoms with Crippen LogP contribution in [0.3, 0.4) is 0 Å². The average Bonchev–Trinajstić information content (AvgIpc) is 2.89. The molecule has 4 nitrogen and oxygen atoms in total. The van der Waals surface area contributed by atoms with Crippen LogP contribution in [-0.4, -0.2) is 23.7 Å². The van der Waals surface area contributed by atoms with Crippen LogP contribution in [0.2, 0.25) is 0 Å². The molecule has 0 amide bonds. The second-order valence-electron chi connectivity index (χ2n) is 3.39. The fraction of sp³-hybridized carbons (Fsp3) is 0.400. The Morgan fingerprint density at radius 2 is 2.47 bits per heavy atom. The molecule has 0 aliphatic heterocycles. The maximum Gasteiger partial charge on any atom is 0.231 e. The fourth-order valence-corrected chi connectivity index (χ4v) is 1.98. The molecule has 0 aliphatic carbocycles. The van der Waals surface area contributed by atoms with Crippen molar-refractivity contribution in [1.29, 1.82) is 0 Å². The Morgan fingerprint density at radius 1 is 1.60 bits per heavy atom. The Kier molecular flexibility index (Phi) is 3.13. The number of nitrogens with zero attached hydrogens (tertiary/aromatic N) is 2. The van der Waals surface area contributed by atoms with E-state index in [-0.39, 0.29) is 5.92 Å². The zero-order chi connectivity index (χ0) is 10.7. The number of nitrogens with one attached hydrogen (secondary N) is 1. The molecule has 1 unspecified atom stereocenters. The van der Waals surface area contributed by atoms with E-state index >= 15 is 0 Å². The van der Waals surface area contributed by atoms with Crippen molar-refractivity contribution < 1.29 is 4.52 Å². The Morgan fingerprint density at radius 3 is 3.13 bits per heavy atom. The Balaban J connectivity index is 2.17. The van der Waals surface area contributed by atoms with E-state index in [0.29, 0.717) is 11.7 Å². The van der Waals surface area contributed by atoms with E-state index in [1.54, 1.807) is 11.3 Å². The fourth-order valence-electron chi connectivity index (χ4n) is 1.33. The van der Waals surface area contributed by atoms with Crippen LogP contribution in [0.25, 0.3) is 10.7 Å². The summed E-state index contributed by atoms with van der Waals surface area (Å²) in [5.74, 6) is 1.62. The number of aromatic nitrogens is 2. The lowest BCUT2D eigenvalue weighted by Crippen LogP contribution is -2.14. The first kappa shape index (κ1) is 10.3. The highest BCUT2D eigenvalue weighted by molar-refractivity contribution is 7.13. The van der Waals surface area contributed by atoms with E-state index < -0.39 is 0 Å². The number of hydrogen-bond donors (Lipinski definition) is 1. The molecule has 0 aliphatic rings. The third kappa shape index (κ3) is 2.24. The number of thiophene rings is 1. The van der Waals surface area contributed by atoms with Crippen molar-refractivity contribution in [3.63, 3.8) is 0 Å². The number of hydrogen-bond acceptors (Lipinski definition) is 5. The van der Waals surface area contributed by atoms with Crippen molar-refractivity contribution in [3.8, 4) is 10.7 Å². The first-order chi connectivity index (χ1) is 7.31. The van der Waals surface area contributed by atoms with Gasteiger partial charge in [0.1, 0.15) is 0 Å². The molecule has 1 atom stereocenters. The van der Waals surface area contributed by atoms with Crippen LogP contribution in [0.5, 0.6) is 0 Å². The molecule has 0 spiro atoms. The van der Waals surface area contributed by atoms with Crippen molar-refractivity contribution in [2.75, 3.05) is 13.6 Å². The predicted molar refractivity (Wildman–Crippen MR) is 60.0 cm³/mol. The first-order valence-electron chi connectivity index (χ1n) is 4.83. The monoisotopic (exact) mass is 223 g/mol. The van der Waals surface area contributed by atoms with E-state index in [1.165, 1.54) is 0 Å². The Bertz CT molecular complexity index is 410. The molecule has 0 aromatic carbocycles. The summed E-state index contributed by atoms with van der Waals surface area (Å²) >= 11 is 1.61. The third-order valence-electron chi connectivity index (χ3n) is 2.12. The van der Waals surface area contributed by atoms with Gasteiger partial charge in [-0.25, -0.2) is 0 Å². The van der Waals surface area contributed by atoms with Gasteiger partial charge >= 0.3 is 0 Å². The SMILES string of the molecule is CNCC(C)c1nc(-c2cccs2)no1. The maximum atomic E-state index is 5.21. The predicted octanol–water partition coefficient (Wildman–Crippen LogP) is 2.12. The first-order valence-corrected chi connectivity index (χ1v) is 5.71. The van der Waals surface area contributed by atoms with Gasteiger partial charge in [0.2, 0.25) is 11.7 Å². The van der Waals surface area contributed by atoms with Crippen LogP contribution in [0.1, 0.15) is 18.7 Å². The maximum absolute atomic E-state index is 5.21. The molecule has 1 N–H and O–H groups in total. The Hall–Kier alpha value is -1.20. The summed E-state index contributed by atoms with van der Waals surface area (Å²) in [4.78, 5) is 5.41. The van der Waals surface area contributed by atoms with Crippen molar-refractivity contribution in [2.24, 2.45) is 0 Å². The number of likely N-dealkylation sites (N-methyl/N-ethyl adjacent to an activating group) is 1. The molecule has 2 rings (SSSR count). The second-order valence-corrected chi connectivity index (χ2v) is 4.34. The average molecular weight is 223 g/mol. The van der Waals surface area contributed by atoms with Crippen molar-refractivity contribution in [2.45, 2.75) is 12.8 Å². The van der Waals surface area contributed by atoms with E-state index in [9.17, 15) is 0 Å². The molecule has 15 heavy (non-hydrogen) atoms. The summed E-state index contributed by atoms with van der Waals surface area (Å²) in [5.41, 5.74) is 0. The summed E-state index contributed by atoms with van der Waals surface area (Å²) < 4.78 is 5.21. The minimum Gasteiger partial charge on any atom is -0.339 e. The topological polar surface area (TPSA) is 51.0 Å². The number of rotatable bonds is 4. The molecule has 0 fully saturated rings. The van der Waals surface area contributed by atoms with Crippen LogP contribution >= 0.6 is 11.3 Å². The zero-order valence-corrected chi connectivity index (χ0v) is 9.54. The van der Waals surface area contributed by atoms with Gasteiger partial charge in [-0.05, 0) is 18.5 Å². The third-order valence-corrected chi connectivity index (χ3v) is 2.98. The smallest absolute Gasteiger partial charge is 0.231 e. The van der Waals surface area contributed by atoms with Crippen LogP contribution < -0.4 is 5.32 Å². The molecule has 0 radical (unpaired) electrons. The highest BCUT2D eigenvalue weighted by atomic mass is 32.1. The zero-order valence-electron chi connectivity index (χ0n) is 8.73. The normalized spacial score (nSPS) is 12.9. The molecule has 2 aromatic heterocycles. The van der Waals surface area contributed by atoms with Gasteiger partial charge in [0, 0.05) is 12.5 Å².